The molecule has 2 aliphatic heterocycles. The van der Waals surface area contributed by atoms with Crippen LogP contribution in [-0.2, 0) is 15.7 Å². The first-order chi connectivity index (χ1) is 13.7. The molecular weight excluding hydrogens is 385 g/mol. The Bertz CT molecular complexity index is 855. The molecule has 2 unspecified atom stereocenters. The maximum absolute atomic E-state index is 13.7. The molecule has 9 heteroatoms. The minimum Gasteiger partial charge on any atom is -0.466 e. The molecule has 156 valence electrons. The number of alkyl halides is 3. The lowest BCUT2D eigenvalue weighted by molar-refractivity contribution is -0.143. The average molecular weight is 408 g/mol. The zero-order chi connectivity index (χ0) is 20.9. The molecule has 1 saturated carbocycles. The van der Waals surface area contributed by atoms with Crippen LogP contribution in [0.2, 0.25) is 0 Å². The number of rotatable bonds is 5. The number of pyridine rings is 1. The van der Waals surface area contributed by atoms with Gasteiger partial charge in [0.2, 0.25) is 0 Å². The second-order valence-corrected chi connectivity index (χ2v) is 8.07. The summed E-state index contributed by atoms with van der Waals surface area (Å²) in [5.41, 5.74) is -1.33. The van der Waals surface area contributed by atoms with Gasteiger partial charge in [-0.1, -0.05) is 0 Å². The fourth-order valence-electron chi connectivity index (χ4n) is 4.60. The van der Waals surface area contributed by atoms with Crippen molar-refractivity contribution in [3.8, 4) is 6.07 Å². The van der Waals surface area contributed by atoms with Crippen molar-refractivity contribution in [3.63, 3.8) is 0 Å². The predicted molar refractivity (Wildman–Crippen MR) is 99.3 cm³/mol. The van der Waals surface area contributed by atoms with E-state index in [1.807, 2.05) is 11.8 Å². The molecule has 4 rings (SSSR count). The van der Waals surface area contributed by atoms with Gasteiger partial charge >= 0.3 is 12.1 Å². The number of esters is 1. The van der Waals surface area contributed by atoms with E-state index in [-0.39, 0.29) is 41.4 Å². The third-order valence-corrected chi connectivity index (χ3v) is 6.40. The van der Waals surface area contributed by atoms with Crippen LogP contribution in [0.3, 0.4) is 0 Å². The van der Waals surface area contributed by atoms with Gasteiger partial charge in [-0.2, -0.15) is 18.4 Å². The van der Waals surface area contributed by atoms with Gasteiger partial charge in [0.15, 0.2) is 0 Å². The minimum absolute atomic E-state index is 0.0619. The van der Waals surface area contributed by atoms with Crippen LogP contribution in [0, 0.1) is 29.1 Å². The third kappa shape index (κ3) is 3.49. The Morgan fingerprint density at radius 2 is 2.07 bits per heavy atom. The second-order valence-electron chi connectivity index (χ2n) is 8.07. The molecule has 1 aromatic rings. The second kappa shape index (κ2) is 7.08. The molecule has 6 nitrogen and oxygen atoms in total. The van der Waals surface area contributed by atoms with Crippen LogP contribution < -0.4 is 9.80 Å². The van der Waals surface area contributed by atoms with Crippen molar-refractivity contribution in [1.29, 1.82) is 5.26 Å². The summed E-state index contributed by atoms with van der Waals surface area (Å²) in [6, 6.07) is 2.78. The molecule has 0 N–H and O–H groups in total. The molecule has 29 heavy (non-hydrogen) atoms. The van der Waals surface area contributed by atoms with E-state index >= 15 is 0 Å². The Kier molecular flexibility index (Phi) is 4.83. The summed E-state index contributed by atoms with van der Waals surface area (Å²) in [5.74, 6) is 0.950. The highest BCUT2D eigenvalue weighted by atomic mass is 19.4. The first-order valence-corrected chi connectivity index (χ1v) is 9.94. The van der Waals surface area contributed by atoms with Gasteiger partial charge in [-0.3, -0.25) is 4.79 Å². The summed E-state index contributed by atoms with van der Waals surface area (Å²) < 4.78 is 46.0. The lowest BCUT2D eigenvalue weighted by atomic mass is 10.0. The van der Waals surface area contributed by atoms with Crippen molar-refractivity contribution >= 4 is 17.6 Å². The number of carbonyl (C=O) groups is 1. The smallest absolute Gasteiger partial charge is 0.417 e. The molecule has 3 atom stereocenters. The maximum Gasteiger partial charge on any atom is 0.417 e. The fraction of sp³-hybridized carbons (Fsp3) is 0.650. The molecular formula is C20H23F3N4O2. The lowest BCUT2D eigenvalue weighted by Gasteiger charge is -2.41. The van der Waals surface area contributed by atoms with E-state index in [0.29, 0.717) is 32.7 Å². The summed E-state index contributed by atoms with van der Waals surface area (Å²) >= 11 is 0. The molecule has 0 radical (unpaired) electrons. The van der Waals surface area contributed by atoms with Crippen molar-refractivity contribution < 1.29 is 22.7 Å². The normalized spacial score (nSPS) is 27.9. The summed E-state index contributed by atoms with van der Waals surface area (Å²) in [5, 5.41) is 9.41. The number of anilines is 2. The van der Waals surface area contributed by atoms with Crippen LogP contribution in [-0.4, -0.2) is 43.2 Å². The zero-order valence-corrected chi connectivity index (χ0v) is 16.4. The number of aromatic nitrogens is 1. The maximum atomic E-state index is 13.7. The van der Waals surface area contributed by atoms with E-state index in [9.17, 15) is 23.2 Å². The fourth-order valence-corrected chi connectivity index (χ4v) is 4.60. The Morgan fingerprint density at radius 1 is 1.38 bits per heavy atom. The van der Waals surface area contributed by atoms with Gasteiger partial charge in [-0.25, -0.2) is 4.98 Å². The van der Waals surface area contributed by atoms with E-state index in [4.69, 9.17) is 4.74 Å². The van der Waals surface area contributed by atoms with Crippen LogP contribution in [0.4, 0.5) is 24.8 Å². The van der Waals surface area contributed by atoms with Crippen molar-refractivity contribution in [2.75, 3.05) is 36.0 Å². The molecule has 0 bridgehead atoms. The minimum atomic E-state index is -4.62. The van der Waals surface area contributed by atoms with Gasteiger partial charge in [0, 0.05) is 32.1 Å². The molecule has 3 heterocycles. The number of fused-ring (bicyclic) bond motifs is 1. The van der Waals surface area contributed by atoms with Gasteiger partial charge in [0.1, 0.15) is 23.3 Å². The number of carbonyl (C=O) groups excluding carboxylic acids is 1. The highest BCUT2D eigenvalue weighted by Crippen LogP contribution is 2.54. The molecule has 2 saturated heterocycles. The van der Waals surface area contributed by atoms with Crippen LogP contribution >= 0.6 is 0 Å². The van der Waals surface area contributed by atoms with Crippen molar-refractivity contribution in [2.45, 2.75) is 38.9 Å². The SMILES string of the molecule is CCOC(=O)CC1C2CN(c3cc(C(F)(F)F)c(C#N)c(N4CC[C@@H]4C)n3)CC12. The van der Waals surface area contributed by atoms with E-state index in [0.717, 1.165) is 12.5 Å². The average Bonchev–Trinajstić information content (AvgIpc) is 3.08. The van der Waals surface area contributed by atoms with Crippen molar-refractivity contribution in [1.82, 2.24) is 4.98 Å². The molecule has 3 fully saturated rings. The summed E-state index contributed by atoms with van der Waals surface area (Å²) in [4.78, 5) is 19.8. The van der Waals surface area contributed by atoms with Gasteiger partial charge in [-0.05, 0) is 44.1 Å². The predicted octanol–water partition coefficient (Wildman–Crippen LogP) is 3.21. The van der Waals surface area contributed by atoms with E-state index in [2.05, 4.69) is 4.98 Å². The molecule has 0 amide bonds. The zero-order valence-electron chi connectivity index (χ0n) is 16.4. The molecule has 1 aliphatic carbocycles. The lowest BCUT2D eigenvalue weighted by Crippen LogP contribution is -2.47. The van der Waals surface area contributed by atoms with Crippen LogP contribution in [0.5, 0.6) is 0 Å². The van der Waals surface area contributed by atoms with Crippen molar-refractivity contribution in [3.05, 3.63) is 17.2 Å². The van der Waals surface area contributed by atoms with Gasteiger partial charge in [-0.15, -0.1) is 0 Å². The van der Waals surface area contributed by atoms with Crippen molar-refractivity contribution in [2.24, 2.45) is 17.8 Å². The molecule has 0 aromatic carbocycles. The Labute approximate surface area is 167 Å². The summed E-state index contributed by atoms with van der Waals surface area (Å²) in [7, 11) is 0. The Morgan fingerprint density at radius 3 is 2.55 bits per heavy atom. The van der Waals surface area contributed by atoms with Crippen LogP contribution in [0.15, 0.2) is 6.07 Å². The van der Waals surface area contributed by atoms with Gasteiger partial charge in [0.25, 0.3) is 0 Å². The highest BCUT2D eigenvalue weighted by molar-refractivity contribution is 5.70. The Hall–Kier alpha value is -2.50. The Balaban J connectivity index is 1.57. The largest absolute Gasteiger partial charge is 0.466 e. The first-order valence-electron chi connectivity index (χ1n) is 9.94. The monoisotopic (exact) mass is 408 g/mol. The number of nitrogens with zero attached hydrogens (tertiary/aromatic N) is 4. The standard InChI is InChI=1S/C20H23F3N4O2/c1-3-29-18(28)6-12-14-9-26(10-15(12)14)17-7-16(20(21,22)23)13(8-24)19(25-17)27-5-4-11(27)2/h7,11-12,14-15H,3-6,9-10H2,1-2H3/t11-,12?,14?,15?/m0/s1. The number of hydrogen-bond acceptors (Lipinski definition) is 6. The molecule has 1 aromatic heterocycles. The van der Waals surface area contributed by atoms with E-state index in [1.54, 1.807) is 17.9 Å². The number of hydrogen-bond donors (Lipinski definition) is 0. The van der Waals surface area contributed by atoms with Gasteiger partial charge in [0.05, 0.1) is 12.2 Å². The number of halogens is 3. The number of ether oxygens (including phenoxy) is 1. The molecule has 3 aliphatic rings. The first kappa shape index (κ1) is 19.8. The van der Waals surface area contributed by atoms with Crippen LogP contribution in [0.1, 0.15) is 37.8 Å². The molecule has 0 spiro atoms. The number of piperidine rings is 1. The van der Waals surface area contributed by atoms with E-state index in [1.165, 1.54) is 0 Å². The quantitative estimate of drug-likeness (QED) is 0.697. The summed E-state index contributed by atoms with van der Waals surface area (Å²) in [6.07, 6.45) is -3.40. The summed E-state index contributed by atoms with van der Waals surface area (Å²) in [6.45, 7) is 5.76. The van der Waals surface area contributed by atoms with Gasteiger partial charge < -0.3 is 14.5 Å². The third-order valence-electron chi connectivity index (χ3n) is 6.40. The number of nitriles is 1. The topological polar surface area (TPSA) is 69.5 Å². The van der Waals surface area contributed by atoms with Crippen LogP contribution in [0.25, 0.3) is 0 Å². The highest BCUT2D eigenvalue weighted by Gasteiger charge is 2.56. The van der Waals surface area contributed by atoms with E-state index < -0.39 is 17.3 Å².